The van der Waals surface area contributed by atoms with Crippen molar-refractivity contribution in [3.05, 3.63) is 158 Å². The lowest BCUT2D eigenvalue weighted by Gasteiger charge is -2.12. The van der Waals surface area contributed by atoms with Crippen LogP contribution in [0.1, 0.15) is 0 Å². The van der Waals surface area contributed by atoms with Crippen molar-refractivity contribution in [1.29, 1.82) is 0 Å². The van der Waals surface area contributed by atoms with E-state index in [4.69, 9.17) is 19.9 Å². The van der Waals surface area contributed by atoms with Crippen LogP contribution in [-0.4, -0.2) is 19.9 Å². The fourth-order valence-corrected chi connectivity index (χ4v) is 8.02. The minimum Gasteiger partial charge on any atom is -0.245 e. The zero-order valence-corrected chi connectivity index (χ0v) is 27.0. The van der Waals surface area contributed by atoms with Gasteiger partial charge in [-0.25, -0.2) is 19.9 Å². The molecule has 0 saturated carbocycles. The largest absolute Gasteiger partial charge is 0.245 e. The van der Waals surface area contributed by atoms with Crippen LogP contribution in [-0.2, 0) is 0 Å². The van der Waals surface area contributed by atoms with E-state index >= 15 is 0 Å². The number of benzene rings is 6. The summed E-state index contributed by atoms with van der Waals surface area (Å²) in [5.41, 5.74) is 9.58. The Morgan fingerprint density at radius 1 is 0.408 bits per heavy atom. The van der Waals surface area contributed by atoms with E-state index in [1.54, 1.807) is 0 Å². The predicted octanol–water partition coefficient (Wildman–Crippen LogP) is 11.8. The average molecular weight is 643 g/mol. The van der Waals surface area contributed by atoms with Gasteiger partial charge in [-0.15, -0.1) is 11.3 Å². The van der Waals surface area contributed by atoms with E-state index in [1.807, 2.05) is 35.6 Å². The number of hydrogen-bond donors (Lipinski definition) is 0. The molecule has 6 aromatic carbocycles. The summed E-state index contributed by atoms with van der Waals surface area (Å²) < 4.78 is 2.50. The SMILES string of the molecule is c1ccc(-c2ccc3ccc4ccc(-c5ccc6nc(-c7cccc8sc9ccccc9c78)nc(-c7ccccc7)c6c5)nc4c3n2)cc1. The van der Waals surface area contributed by atoms with Crippen LogP contribution in [0.15, 0.2) is 158 Å². The highest BCUT2D eigenvalue weighted by Crippen LogP contribution is 2.40. The van der Waals surface area contributed by atoms with Gasteiger partial charge >= 0.3 is 0 Å². The first kappa shape index (κ1) is 27.8. The number of nitrogens with zero attached hydrogens (tertiary/aromatic N) is 4. The molecule has 0 radical (unpaired) electrons. The molecule has 0 bridgehead atoms. The monoisotopic (exact) mass is 642 g/mol. The van der Waals surface area contributed by atoms with Crippen LogP contribution in [0.4, 0.5) is 0 Å². The van der Waals surface area contributed by atoms with Crippen molar-refractivity contribution in [3.8, 4) is 45.2 Å². The molecule has 0 spiro atoms. The molecule has 0 aliphatic heterocycles. The second-order valence-corrected chi connectivity index (χ2v) is 13.3. The maximum atomic E-state index is 5.31. The van der Waals surface area contributed by atoms with Crippen molar-refractivity contribution in [2.45, 2.75) is 0 Å². The summed E-state index contributed by atoms with van der Waals surface area (Å²) in [7, 11) is 0. The third kappa shape index (κ3) is 4.66. The Kier molecular flexibility index (Phi) is 6.32. The Bertz CT molecular complexity index is 2880. The molecule has 4 heterocycles. The number of pyridine rings is 2. The minimum atomic E-state index is 0.726. The van der Waals surface area contributed by atoms with Crippen molar-refractivity contribution < 1.29 is 0 Å². The molecule has 5 heteroatoms. The molecule has 228 valence electrons. The minimum absolute atomic E-state index is 0.726. The lowest BCUT2D eigenvalue weighted by molar-refractivity contribution is 1.23. The third-order valence-electron chi connectivity index (χ3n) is 9.27. The lowest BCUT2D eigenvalue weighted by atomic mass is 10.0. The van der Waals surface area contributed by atoms with E-state index < -0.39 is 0 Å². The van der Waals surface area contributed by atoms with Gasteiger partial charge in [0.25, 0.3) is 0 Å². The van der Waals surface area contributed by atoms with E-state index in [0.29, 0.717) is 0 Å². The van der Waals surface area contributed by atoms with Gasteiger partial charge in [-0.3, -0.25) is 0 Å². The maximum absolute atomic E-state index is 5.31. The average Bonchev–Trinajstić information content (AvgIpc) is 3.56. The summed E-state index contributed by atoms with van der Waals surface area (Å²) in [4.78, 5) is 20.8. The van der Waals surface area contributed by atoms with Gasteiger partial charge in [-0.2, -0.15) is 0 Å². The molecule has 10 rings (SSSR count). The van der Waals surface area contributed by atoms with Gasteiger partial charge in [0.05, 0.1) is 33.6 Å². The van der Waals surface area contributed by atoms with Gasteiger partial charge in [0.15, 0.2) is 5.82 Å². The van der Waals surface area contributed by atoms with E-state index in [2.05, 4.69) is 133 Å². The molecule has 0 N–H and O–H groups in total. The first-order valence-electron chi connectivity index (χ1n) is 16.3. The van der Waals surface area contributed by atoms with Crippen molar-refractivity contribution in [2.24, 2.45) is 0 Å². The normalized spacial score (nSPS) is 11.7. The first-order chi connectivity index (χ1) is 24.3. The third-order valence-corrected chi connectivity index (χ3v) is 10.4. The van der Waals surface area contributed by atoms with Crippen LogP contribution in [0.3, 0.4) is 0 Å². The molecule has 49 heavy (non-hydrogen) atoms. The number of rotatable bonds is 4. The maximum Gasteiger partial charge on any atom is 0.161 e. The van der Waals surface area contributed by atoms with Crippen LogP contribution >= 0.6 is 11.3 Å². The van der Waals surface area contributed by atoms with Gasteiger partial charge in [0, 0.05) is 58.6 Å². The molecular weight excluding hydrogens is 617 g/mol. The predicted molar refractivity (Wildman–Crippen MR) is 205 cm³/mol. The number of fused-ring (bicyclic) bond motifs is 7. The molecular formula is C44H26N4S. The fraction of sp³-hybridized carbons (Fsp3) is 0. The molecule has 0 atom stereocenters. The van der Waals surface area contributed by atoms with Crippen LogP contribution in [0.25, 0.3) is 98.0 Å². The first-order valence-corrected chi connectivity index (χ1v) is 17.1. The quantitative estimate of drug-likeness (QED) is 0.179. The zero-order valence-electron chi connectivity index (χ0n) is 26.2. The van der Waals surface area contributed by atoms with Crippen LogP contribution in [0.2, 0.25) is 0 Å². The Labute approximate surface area is 286 Å². The Morgan fingerprint density at radius 3 is 1.80 bits per heavy atom. The second kappa shape index (κ2) is 11.2. The summed E-state index contributed by atoms with van der Waals surface area (Å²) in [5, 5.41) is 5.55. The van der Waals surface area contributed by atoms with E-state index in [1.165, 1.54) is 20.2 Å². The summed E-state index contributed by atoms with van der Waals surface area (Å²) in [6.45, 7) is 0. The van der Waals surface area contributed by atoms with Gasteiger partial charge in [-0.05, 0) is 36.4 Å². The standard InChI is InChI=1S/C44H26N4S/c1-3-10-27(11-4-1)35-23-20-29-18-19-30-21-24-36(46-43(30)42(29)45-35)31-22-25-37-34(26-31)41(28-12-5-2-6-13-28)48-44(47-37)33-15-9-17-39-40(33)32-14-7-8-16-38(32)49-39/h1-26H. The highest BCUT2D eigenvalue weighted by atomic mass is 32.1. The molecule has 0 aliphatic carbocycles. The summed E-state index contributed by atoms with van der Waals surface area (Å²) in [6, 6.07) is 54.8. The topological polar surface area (TPSA) is 51.6 Å². The van der Waals surface area contributed by atoms with Crippen LogP contribution < -0.4 is 0 Å². The summed E-state index contributed by atoms with van der Waals surface area (Å²) in [6.07, 6.45) is 0. The molecule has 0 unspecified atom stereocenters. The molecule has 0 fully saturated rings. The van der Waals surface area contributed by atoms with Gasteiger partial charge in [-0.1, -0.05) is 121 Å². The second-order valence-electron chi connectivity index (χ2n) is 12.2. The highest BCUT2D eigenvalue weighted by molar-refractivity contribution is 7.25. The Balaban J connectivity index is 1.16. The molecule has 0 saturated heterocycles. The molecule has 10 aromatic rings. The number of hydrogen-bond acceptors (Lipinski definition) is 5. The molecule has 4 nitrogen and oxygen atoms in total. The molecule has 0 amide bonds. The zero-order chi connectivity index (χ0) is 32.3. The van der Waals surface area contributed by atoms with Crippen molar-refractivity contribution in [2.75, 3.05) is 0 Å². The van der Waals surface area contributed by atoms with Gasteiger partial charge < -0.3 is 0 Å². The molecule has 4 aromatic heterocycles. The summed E-state index contributed by atoms with van der Waals surface area (Å²) in [5.74, 6) is 0.726. The van der Waals surface area contributed by atoms with Crippen molar-refractivity contribution in [1.82, 2.24) is 19.9 Å². The fourth-order valence-electron chi connectivity index (χ4n) is 6.88. The Morgan fingerprint density at radius 2 is 1.04 bits per heavy atom. The van der Waals surface area contributed by atoms with Gasteiger partial charge in [0.2, 0.25) is 0 Å². The van der Waals surface area contributed by atoms with E-state index in [0.717, 1.165) is 77.9 Å². The van der Waals surface area contributed by atoms with Crippen LogP contribution in [0, 0.1) is 0 Å². The summed E-state index contributed by atoms with van der Waals surface area (Å²) >= 11 is 1.81. The number of aromatic nitrogens is 4. The van der Waals surface area contributed by atoms with Crippen molar-refractivity contribution >= 4 is 64.2 Å². The van der Waals surface area contributed by atoms with E-state index in [9.17, 15) is 0 Å². The smallest absolute Gasteiger partial charge is 0.161 e. The lowest BCUT2D eigenvalue weighted by Crippen LogP contribution is -1.96. The molecule has 0 aliphatic rings. The van der Waals surface area contributed by atoms with Crippen molar-refractivity contribution in [3.63, 3.8) is 0 Å². The number of thiophene rings is 1. The van der Waals surface area contributed by atoms with E-state index in [-0.39, 0.29) is 0 Å². The van der Waals surface area contributed by atoms with Crippen LogP contribution in [0.5, 0.6) is 0 Å². The highest BCUT2D eigenvalue weighted by Gasteiger charge is 2.17. The Hall–Kier alpha value is -6.30. The van der Waals surface area contributed by atoms with Gasteiger partial charge in [0.1, 0.15) is 0 Å².